The average Bonchev–Trinajstić information content (AvgIpc) is 2.99. The van der Waals surface area contributed by atoms with E-state index in [1.54, 1.807) is 18.2 Å². The van der Waals surface area contributed by atoms with Crippen molar-refractivity contribution in [2.75, 3.05) is 71.4 Å². The first-order chi connectivity index (χ1) is 21.2. The molecule has 0 spiro atoms. The molecular formula is C30H38F3NO10. The van der Waals surface area contributed by atoms with Crippen LogP contribution in [0.25, 0.3) is 0 Å². The number of carboxylic acid groups (broad SMARTS) is 1. The molecule has 0 atom stereocenters. The molecule has 2 N–H and O–H groups in total. The second-order valence-corrected chi connectivity index (χ2v) is 9.16. The van der Waals surface area contributed by atoms with Crippen LogP contribution in [-0.4, -0.2) is 89.1 Å². The number of carboxylic acids is 1. The molecule has 0 aromatic heterocycles. The summed E-state index contributed by atoms with van der Waals surface area (Å²) >= 11 is 0. The molecule has 0 aliphatic rings. The number of rotatable bonds is 23. The topological polar surface area (TPSA) is 139 Å². The van der Waals surface area contributed by atoms with Gasteiger partial charge in [-0.05, 0) is 43.2 Å². The SMILES string of the molecule is O=C(O)CCCCC(=O)OCCOCCOCCOCCOCCOC(=O)c1ccccc1Nc1cccc(C(F)(F)F)c1. The zero-order valence-electron chi connectivity index (χ0n) is 24.3. The van der Waals surface area contributed by atoms with E-state index in [4.69, 9.17) is 33.5 Å². The molecule has 0 fully saturated rings. The van der Waals surface area contributed by atoms with Crippen molar-refractivity contribution in [1.82, 2.24) is 0 Å². The molecule has 0 radical (unpaired) electrons. The summed E-state index contributed by atoms with van der Waals surface area (Å²) in [7, 11) is 0. The zero-order valence-corrected chi connectivity index (χ0v) is 24.3. The van der Waals surface area contributed by atoms with Gasteiger partial charge in [0, 0.05) is 18.5 Å². The van der Waals surface area contributed by atoms with Crippen molar-refractivity contribution in [2.45, 2.75) is 31.9 Å². The molecule has 14 heteroatoms. The number of unbranched alkanes of at least 4 members (excludes halogenated alkanes) is 1. The zero-order chi connectivity index (χ0) is 32.0. The van der Waals surface area contributed by atoms with Gasteiger partial charge in [-0.25, -0.2) is 4.79 Å². The minimum atomic E-state index is -4.48. The van der Waals surface area contributed by atoms with Gasteiger partial charge in [-0.2, -0.15) is 13.2 Å². The molecule has 2 aromatic carbocycles. The Hall–Kier alpha value is -3.72. The van der Waals surface area contributed by atoms with Crippen LogP contribution < -0.4 is 5.32 Å². The van der Waals surface area contributed by atoms with Crippen LogP contribution >= 0.6 is 0 Å². The summed E-state index contributed by atoms with van der Waals surface area (Å²) in [5, 5.41) is 11.4. The number of ether oxygens (including phenoxy) is 6. The third kappa shape index (κ3) is 16.2. The largest absolute Gasteiger partial charge is 0.481 e. The monoisotopic (exact) mass is 629 g/mol. The van der Waals surface area contributed by atoms with Gasteiger partial charge in [0.15, 0.2) is 0 Å². The first-order valence-electron chi connectivity index (χ1n) is 14.1. The predicted molar refractivity (Wildman–Crippen MR) is 152 cm³/mol. The van der Waals surface area contributed by atoms with Gasteiger partial charge in [0.1, 0.15) is 13.2 Å². The van der Waals surface area contributed by atoms with Crippen molar-refractivity contribution >= 4 is 29.3 Å². The molecule has 2 rings (SSSR count). The van der Waals surface area contributed by atoms with E-state index in [0.29, 0.717) is 51.6 Å². The minimum Gasteiger partial charge on any atom is -0.481 e. The molecule has 11 nitrogen and oxygen atoms in total. The van der Waals surface area contributed by atoms with E-state index in [9.17, 15) is 27.6 Å². The fraction of sp³-hybridized carbons (Fsp3) is 0.500. The van der Waals surface area contributed by atoms with E-state index in [-0.39, 0.29) is 63.1 Å². The number of carbonyl (C=O) groups is 3. The van der Waals surface area contributed by atoms with E-state index >= 15 is 0 Å². The summed E-state index contributed by atoms with van der Waals surface area (Å²) < 4.78 is 70.7. The molecule has 2 aromatic rings. The van der Waals surface area contributed by atoms with E-state index in [1.807, 2.05) is 0 Å². The Morgan fingerprint density at radius 2 is 1.23 bits per heavy atom. The molecule has 0 saturated heterocycles. The summed E-state index contributed by atoms with van der Waals surface area (Å²) in [6.07, 6.45) is -3.37. The number of carbonyl (C=O) groups excluding carboxylic acids is 2. The van der Waals surface area contributed by atoms with Crippen molar-refractivity contribution < 1.29 is 61.1 Å². The summed E-state index contributed by atoms with van der Waals surface area (Å²) in [4.78, 5) is 34.4. The molecule has 0 aliphatic heterocycles. The number of alkyl halides is 3. The van der Waals surface area contributed by atoms with Gasteiger partial charge >= 0.3 is 24.1 Å². The number of hydrogen-bond donors (Lipinski definition) is 2. The molecule has 0 aliphatic carbocycles. The lowest BCUT2D eigenvalue weighted by Crippen LogP contribution is -2.15. The third-order valence-electron chi connectivity index (χ3n) is 5.70. The average molecular weight is 630 g/mol. The number of nitrogens with one attached hydrogen (secondary N) is 1. The highest BCUT2D eigenvalue weighted by molar-refractivity contribution is 5.96. The number of esters is 2. The Morgan fingerprint density at radius 3 is 1.82 bits per heavy atom. The van der Waals surface area contributed by atoms with Crippen molar-refractivity contribution in [3.63, 3.8) is 0 Å². The van der Waals surface area contributed by atoms with Gasteiger partial charge in [-0.15, -0.1) is 0 Å². The maximum atomic E-state index is 13.0. The Kier molecular flexibility index (Phi) is 17.5. The van der Waals surface area contributed by atoms with Gasteiger partial charge in [0.2, 0.25) is 0 Å². The summed E-state index contributed by atoms with van der Waals surface area (Å²) in [6.45, 7) is 2.39. The van der Waals surface area contributed by atoms with Gasteiger partial charge in [0.25, 0.3) is 0 Å². The van der Waals surface area contributed by atoms with E-state index in [2.05, 4.69) is 5.32 Å². The van der Waals surface area contributed by atoms with Crippen LogP contribution in [-0.2, 0) is 44.2 Å². The highest BCUT2D eigenvalue weighted by Gasteiger charge is 2.30. The van der Waals surface area contributed by atoms with Crippen molar-refractivity contribution in [3.05, 3.63) is 59.7 Å². The van der Waals surface area contributed by atoms with Crippen LogP contribution in [0.5, 0.6) is 0 Å². The van der Waals surface area contributed by atoms with E-state index in [0.717, 1.165) is 12.1 Å². The number of para-hydroxylation sites is 1. The number of aliphatic carboxylic acids is 1. The first-order valence-corrected chi connectivity index (χ1v) is 14.1. The Labute approximate surface area is 253 Å². The number of benzene rings is 2. The molecule has 0 saturated carbocycles. The van der Waals surface area contributed by atoms with Crippen molar-refractivity contribution in [3.8, 4) is 0 Å². The predicted octanol–water partition coefficient (Wildman–Crippen LogP) is 4.86. The molecular weight excluding hydrogens is 591 g/mol. The summed E-state index contributed by atoms with van der Waals surface area (Å²) in [5.74, 6) is -1.92. The van der Waals surface area contributed by atoms with Crippen molar-refractivity contribution in [1.29, 1.82) is 0 Å². The molecule has 44 heavy (non-hydrogen) atoms. The molecule has 0 amide bonds. The van der Waals surface area contributed by atoms with Crippen LogP contribution in [0, 0.1) is 0 Å². The van der Waals surface area contributed by atoms with Crippen LogP contribution in [0.2, 0.25) is 0 Å². The lowest BCUT2D eigenvalue weighted by molar-refractivity contribution is -0.146. The minimum absolute atomic E-state index is 0.0220. The summed E-state index contributed by atoms with van der Waals surface area (Å²) in [5.41, 5.74) is -0.144. The quantitative estimate of drug-likeness (QED) is 0.129. The molecule has 244 valence electrons. The summed E-state index contributed by atoms with van der Waals surface area (Å²) in [6, 6.07) is 11.0. The first kappa shape index (κ1) is 36.5. The van der Waals surface area contributed by atoms with Crippen molar-refractivity contribution in [2.24, 2.45) is 0 Å². The standard InChI is InChI=1S/C30H38F3NO10/c31-30(32,33)23-6-5-7-24(22-23)34-26-9-2-1-8-25(26)29(38)44-21-19-42-17-15-40-13-12-39-14-16-41-18-20-43-28(37)11-4-3-10-27(35)36/h1-2,5-9,22,34H,3-4,10-21H2,(H,35,36). The fourth-order valence-corrected chi connectivity index (χ4v) is 3.56. The Balaban J connectivity index is 1.45. The number of halogens is 3. The maximum Gasteiger partial charge on any atom is 0.416 e. The van der Waals surface area contributed by atoms with Gasteiger partial charge in [0.05, 0.1) is 69.7 Å². The number of anilines is 2. The fourth-order valence-electron chi connectivity index (χ4n) is 3.56. The second-order valence-electron chi connectivity index (χ2n) is 9.16. The molecule has 0 heterocycles. The molecule has 0 unspecified atom stereocenters. The van der Waals surface area contributed by atoms with Gasteiger partial charge in [-0.1, -0.05) is 18.2 Å². The van der Waals surface area contributed by atoms with Crippen LogP contribution in [0.3, 0.4) is 0 Å². The second kappa shape index (κ2) is 21.1. The lowest BCUT2D eigenvalue weighted by Gasteiger charge is -2.13. The van der Waals surface area contributed by atoms with E-state index in [1.165, 1.54) is 18.2 Å². The van der Waals surface area contributed by atoms with Crippen LogP contribution in [0.1, 0.15) is 41.6 Å². The normalized spacial score (nSPS) is 11.2. The highest BCUT2D eigenvalue weighted by atomic mass is 19.4. The smallest absolute Gasteiger partial charge is 0.416 e. The molecule has 0 bridgehead atoms. The Bertz CT molecular complexity index is 1150. The third-order valence-corrected chi connectivity index (χ3v) is 5.70. The van der Waals surface area contributed by atoms with Gasteiger partial charge in [-0.3, -0.25) is 9.59 Å². The van der Waals surface area contributed by atoms with Gasteiger partial charge < -0.3 is 38.8 Å². The van der Waals surface area contributed by atoms with E-state index < -0.39 is 23.7 Å². The number of hydrogen-bond acceptors (Lipinski definition) is 10. The maximum absolute atomic E-state index is 13.0. The lowest BCUT2D eigenvalue weighted by atomic mass is 10.1. The van der Waals surface area contributed by atoms with Crippen LogP contribution in [0.15, 0.2) is 48.5 Å². The Morgan fingerprint density at radius 1 is 0.682 bits per heavy atom. The highest BCUT2D eigenvalue weighted by Crippen LogP contribution is 2.32. The van der Waals surface area contributed by atoms with Crippen LogP contribution in [0.4, 0.5) is 24.5 Å².